The molecule has 84 valence electrons. The highest BCUT2D eigenvalue weighted by Crippen LogP contribution is 2.06. The van der Waals surface area contributed by atoms with Crippen LogP contribution in [-0.4, -0.2) is 6.04 Å². The molecule has 1 nitrogen and oxygen atoms in total. The van der Waals surface area contributed by atoms with Gasteiger partial charge in [0.25, 0.3) is 0 Å². The van der Waals surface area contributed by atoms with Crippen molar-refractivity contribution in [3.8, 4) is 0 Å². The SMILES string of the molecule is CCc1ccc(CNC(C)C(C)C)cc1. The fraction of sp³-hybridized carbons (Fsp3) is 0.571. The van der Waals surface area contributed by atoms with Crippen molar-refractivity contribution in [2.24, 2.45) is 5.92 Å². The van der Waals surface area contributed by atoms with Gasteiger partial charge < -0.3 is 5.32 Å². The number of hydrogen-bond acceptors (Lipinski definition) is 1. The lowest BCUT2D eigenvalue weighted by Crippen LogP contribution is -2.30. The summed E-state index contributed by atoms with van der Waals surface area (Å²) in [4.78, 5) is 0. The van der Waals surface area contributed by atoms with Crippen LogP contribution in [0.15, 0.2) is 24.3 Å². The molecule has 0 saturated heterocycles. The highest BCUT2D eigenvalue weighted by Gasteiger charge is 2.05. The van der Waals surface area contributed by atoms with E-state index in [1.54, 1.807) is 0 Å². The molecule has 0 saturated carbocycles. The largest absolute Gasteiger partial charge is 0.310 e. The number of nitrogens with one attached hydrogen (secondary N) is 1. The van der Waals surface area contributed by atoms with Gasteiger partial charge in [0.15, 0.2) is 0 Å². The fourth-order valence-electron chi connectivity index (χ4n) is 1.41. The molecule has 0 aromatic heterocycles. The van der Waals surface area contributed by atoms with Crippen LogP contribution in [0.25, 0.3) is 0 Å². The van der Waals surface area contributed by atoms with E-state index in [-0.39, 0.29) is 0 Å². The number of benzene rings is 1. The molecule has 1 heteroatoms. The first-order valence-electron chi connectivity index (χ1n) is 5.94. The Morgan fingerprint density at radius 3 is 2.00 bits per heavy atom. The van der Waals surface area contributed by atoms with Crippen molar-refractivity contribution in [2.45, 2.75) is 46.7 Å². The third-order valence-electron chi connectivity index (χ3n) is 3.06. The minimum atomic E-state index is 0.579. The number of aryl methyl sites for hydroxylation is 1. The Morgan fingerprint density at radius 2 is 1.53 bits per heavy atom. The summed E-state index contributed by atoms with van der Waals surface area (Å²) in [6.45, 7) is 9.90. The molecule has 1 aromatic rings. The summed E-state index contributed by atoms with van der Waals surface area (Å²) in [6.07, 6.45) is 1.12. The van der Waals surface area contributed by atoms with Gasteiger partial charge in [0, 0.05) is 12.6 Å². The zero-order valence-electron chi connectivity index (χ0n) is 10.4. The molecule has 0 amide bonds. The van der Waals surface area contributed by atoms with E-state index < -0.39 is 0 Å². The van der Waals surface area contributed by atoms with Crippen LogP contribution >= 0.6 is 0 Å². The van der Waals surface area contributed by atoms with Crippen molar-refractivity contribution >= 4 is 0 Å². The van der Waals surface area contributed by atoms with Gasteiger partial charge in [-0.2, -0.15) is 0 Å². The number of hydrogen-bond donors (Lipinski definition) is 1. The topological polar surface area (TPSA) is 12.0 Å². The van der Waals surface area contributed by atoms with Crippen LogP contribution in [-0.2, 0) is 13.0 Å². The van der Waals surface area contributed by atoms with E-state index in [1.165, 1.54) is 11.1 Å². The lowest BCUT2D eigenvalue weighted by molar-refractivity contribution is 0.426. The molecule has 0 aliphatic rings. The Morgan fingerprint density at radius 1 is 1.00 bits per heavy atom. The van der Waals surface area contributed by atoms with Crippen molar-refractivity contribution in [3.05, 3.63) is 35.4 Å². The van der Waals surface area contributed by atoms with Crippen LogP contribution < -0.4 is 5.32 Å². The second-order valence-corrected chi connectivity index (χ2v) is 4.58. The predicted molar refractivity (Wildman–Crippen MR) is 67.0 cm³/mol. The van der Waals surface area contributed by atoms with Crippen molar-refractivity contribution in [1.29, 1.82) is 0 Å². The molecular weight excluding hydrogens is 182 g/mol. The van der Waals surface area contributed by atoms with Crippen LogP contribution in [0.2, 0.25) is 0 Å². The van der Waals surface area contributed by atoms with E-state index in [1.807, 2.05) is 0 Å². The lowest BCUT2D eigenvalue weighted by atomic mass is 10.1. The summed E-state index contributed by atoms with van der Waals surface area (Å²) in [5.41, 5.74) is 2.79. The van der Waals surface area contributed by atoms with Gasteiger partial charge in [0.05, 0.1) is 0 Å². The van der Waals surface area contributed by atoms with E-state index in [4.69, 9.17) is 0 Å². The van der Waals surface area contributed by atoms with E-state index in [0.717, 1.165) is 13.0 Å². The van der Waals surface area contributed by atoms with Gasteiger partial charge in [-0.05, 0) is 30.4 Å². The smallest absolute Gasteiger partial charge is 0.0208 e. The first-order chi connectivity index (χ1) is 7.13. The van der Waals surface area contributed by atoms with Crippen LogP contribution in [0.5, 0.6) is 0 Å². The Balaban J connectivity index is 2.44. The zero-order valence-corrected chi connectivity index (χ0v) is 10.4. The molecule has 0 fully saturated rings. The highest BCUT2D eigenvalue weighted by molar-refractivity contribution is 5.22. The molecule has 0 aliphatic carbocycles. The van der Waals surface area contributed by atoms with Crippen LogP contribution in [0.3, 0.4) is 0 Å². The van der Waals surface area contributed by atoms with E-state index in [0.29, 0.717) is 12.0 Å². The Kier molecular flexibility index (Phi) is 4.83. The quantitative estimate of drug-likeness (QED) is 0.777. The van der Waals surface area contributed by atoms with Crippen LogP contribution in [0, 0.1) is 5.92 Å². The fourth-order valence-corrected chi connectivity index (χ4v) is 1.41. The van der Waals surface area contributed by atoms with Crippen molar-refractivity contribution in [2.75, 3.05) is 0 Å². The molecule has 1 N–H and O–H groups in total. The Bertz CT molecular complexity index is 274. The van der Waals surface area contributed by atoms with Crippen molar-refractivity contribution in [1.82, 2.24) is 5.32 Å². The van der Waals surface area contributed by atoms with Crippen molar-refractivity contribution < 1.29 is 0 Å². The van der Waals surface area contributed by atoms with Gasteiger partial charge in [-0.1, -0.05) is 45.0 Å². The van der Waals surface area contributed by atoms with Crippen molar-refractivity contribution in [3.63, 3.8) is 0 Å². The summed E-state index contributed by atoms with van der Waals surface area (Å²) in [6, 6.07) is 9.46. The van der Waals surface area contributed by atoms with Gasteiger partial charge in [0.2, 0.25) is 0 Å². The standard InChI is InChI=1S/C14H23N/c1-5-13-6-8-14(9-7-13)10-15-12(4)11(2)3/h6-9,11-12,15H,5,10H2,1-4H3. The third kappa shape index (κ3) is 4.05. The summed E-state index contributed by atoms with van der Waals surface area (Å²) < 4.78 is 0. The van der Waals surface area contributed by atoms with Gasteiger partial charge in [0.1, 0.15) is 0 Å². The van der Waals surface area contributed by atoms with Gasteiger partial charge >= 0.3 is 0 Å². The van der Waals surface area contributed by atoms with Gasteiger partial charge in [-0.15, -0.1) is 0 Å². The summed E-state index contributed by atoms with van der Waals surface area (Å²) >= 11 is 0. The second kappa shape index (κ2) is 5.92. The molecular formula is C14H23N. The molecule has 1 atom stereocenters. The monoisotopic (exact) mass is 205 g/mol. The van der Waals surface area contributed by atoms with Crippen LogP contribution in [0.4, 0.5) is 0 Å². The van der Waals surface area contributed by atoms with E-state index >= 15 is 0 Å². The summed E-state index contributed by atoms with van der Waals surface area (Å²) in [5, 5.41) is 3.54. The minimum absolute atomic E-state index is 0.579. The summed E-state index contributed by atoms with van der Waals surface area (Å²) in [5.74, 6) is 0.694. The maximum absolute atomic E-state index is 3.54. The number of rotatable bonds is 5. The molecule has 15 heavy (non-hydrogen) atoms. The zero-order chi connectivity index (χ0) is 11.3. The molecule has 1 unspecified atom stereocenters. The maximum Gasteiger partial charge on any atom is 0.0208 e. The molecule has 0 bridgehead atoms. The predicted octanol–water partition coefficient (Wildman–Crippen LogP) is 3.38. The van der Waals surface area contributed by atoms with E-state index in [2.05, 4.69) is 57.3 Å². The summed E-state index contributed by atoms with van der Waals surface area (Å²) in [7, 11) is 0. The average molecular weight is 205 g/mol. The molecule has 0 radical (unpaired) electrons. The lowest BCUT2D eigenvalue weighted by Gasteiger charge is -2.17. The normalized spacial score (nSPS) is 13.1. The molecule has 0 aliphatic heterocycles. The molecule has 1 aromatic carbocycles. The highest BCUT2D eigenvalue weighted by atomic mass is 14.9. The Hall–Kier alpha value is -0.820. The molecule has 0 spiro atoms. The Labute approximate surface area is 93.9 Å². The molecule has 1 rings (SSSR count). The first kappa shape index (κ1) is 12.3. The van der Waals surface area contributed by atoms with Gasteiger partial charge in [-0.25, -0.2) is 0 Å². The molecule has 0 heterocycles. The van der Waals surface area contributed by atoms with Crippen LogP contribution in [0.1, 0.15) is 38.8 Å². The third-order valence-corrected chi connectivity index (χ3v) is 3.06. The second-order valence-electron chi connectivity index (χ2n) is 4.58. The minimum Gasteiger partial charge on any atom is -0.310 e. The average Bonchev–Trinajstić information content (AvgIpc) is 2.26. The van der Waals surface area contributed by atoms with E-state index in [9.17, 15) is 0 Å². The maximum atomic E-state index is 3.54. The first-order valence-corrected chi connectivity index (χ1v) is 5.94. The van der Waals surface area contributed by atoms with Gasteiger partial charge in [-0.3, -0.25) is 0 Å².